The van der Waals surface area contributed by atoms with Crippen molar-refractivity contribution >= 4 is 29.1 Å². The summed E-state index contributed by atoms with van der Waals surface area (Å²) in [4.78, 5) is 40.7. The van der Waals surface area contributed by atoms with Gasteiger partial charge in [-0.15, -0.1) is 0 Å². The average molecular weight is 448 g/mol. The molecule has 0 radical (unpaired) electrons. The van der Waals surface area contributed by atoms with E-state index in [2.05, 4.69) is 15.6 Å². The molecule has 1 saturated carbocycles. The first-order valence-corrected chi connectivity index (χ1v) is 10.2. The van der Waals surface area contributed by atoms with Gasteiger partial charge in [0.05, 0.1) is 5.69 Å². The molecular formula is C24H21FN4O4. The van der Waals surface area contributed by atoms with Gasteiger partial charge >= 0.3 is 0 Å². The van der Waals surface area contributed by atoms with Crippen LogP contribution in [-0.4, -0.2) is 22.7 Å². The summed E-state index contributed by atoms with van der Waals surface area (Å²) in [5.41, 5.74) is 5.05. The smallest absolute Gasteiger partial charge is 0.267 e. The van der Waals surface area contributed by atoms with E-state index < -0.39 is 29.0 Å². The van der Waals surface area contributed by atoms with Crippen molar-refractivity contribution in [2.75, 3.05) is 10.6 Å². The van der Waals surface area contributed by atoms with Crippen molar-refractivity contribution in [2.24, 2.45) is 11.1 Å². The summed E-state index contributed by atoms with van der Waals surface area (Å²) in [6.45, 7) is 1.68. The molecule has 0 atom stereocenters. The zero-order chi connectivity index (χ0) is 23.6. The minimum Gasteiger partial charge on any atom is -0.457 e. The van der Waals surface area contributed by atoms with E-state index in [-0.39, 0.29) is 22.9 Å². The second kappa shape index (κ2) is 8.70. The number of para-hydroxylation sites is 1. The van der Waals surface area contributed by atoms with Crippen LogP contribution in [-0.2, 0) is 9.59 Å². The number of nitrogens with zero attached hydrogens (tertiary/aromatic N) is 1. The standard InChI is InChI=1S/C24H21FN4O4/c1-14-11-18(17(25)13-20(14)33-16-7-10-27-19(12-16)21(26)30)29-23(32)24(8-9-24)22(31)28-15-5-3-2-4-6-15/h2-7,10-13H,8-9H2,1H3,(H2,26,30)(H,28,31)(H,29,32). The van der Waals surface area contributed by atoms with Gasteiger partial charge < -0.3 is 21.1 Å². The molecule has 0 bridgehead atoms. The summed E-state index contributed by atoms with van der Waals surface area (Å²) in [6, 6.07) is 14.2. The van der Waals surface area contributed by atoms with Gasteiger partial charge in [0.1, 0.15) is 28.4 Å². The van der Waals surface area contributed by atoms with Crippen LogP contribution in [0.25, 0.3) is 0 Å². The number of carbonyl (C=O) groups excluding carboxylic acids is 3. The zero-order valence-electron chi connectivity index (χ0n) is 17.7. The number of nitrogens with two attached hydrogens (primary N) is 1. The average Bonchev–Trinajstić information content (AvgIpc) is 3.60. The Labute approximate surface area is 189 Å². The Morgan fingerprint density at radius 1 is 1.03 bits per heavy atom. The van der Waals surface area contributed by atoms with Crippen LogP contribution < -0.4 is 21.1 Å². The molecule has 0 unspecified atom stereocenters. The van der Waals surface area contributed by atoms with Crippen molar-refractivity contribution in [2.45, 2.75) is 19.8 Å². The molecule has 4 N–H and O–H groups in total. The number of rotatable bonds is 7. The summed E-state index contributed by atoms with van der Waals surface area (Å²) in [5, 5.41) is 5.27. The monoisotopic (exact) mass is 448 g/mol. The maximum absolute atomic E-state index is 14.8. The van der Waals surface area contributed by atoms with Gasteiger partial charge in [0.2, 0.25) is 11.8 Å². The van der Waals surface area contributed by atoms with E-state index >= 15 is 0 Å². The molecule has 2 aromatic carbocycles. The molecule has 3 aromatic rings. The van der Waals surface area contributed by atoms with Crippen molar-refractivity contribution in [1.82, 2.24) is 4.98 Å². The van der Waals surface area contributed by atoms with E-state index in [0.29, 0.717) is 24.1 Å². The molecule has 0 aliphatic heterocycles. The summed E-state index contributed by atoms with van der Waals surface area (Å²) in [7, 11) is 0. The number of ether oxygens (including phenoxy) is 1. The molecule has 0 spiro atoms. The Morgan fingerprint density at radius 3 is 2.39 bits per heavy atom. The molecular weight excluding hydrogens is 427 g/mol. The zero-order valence-corrected chi connectivity index (χ0v) is 17.7. The molecule has 1 aliphatic carbocycles. The minimum atomic E-state index is -1.23. The van der Waals surface area contributed by atoms with Gasteiger partial charge in [0.25, 0.3) is 5.91 Å². The lowest BCUT2D eigenvalue weighted by Crippen LogP contribution is -2.35. The van der Waals surface area contributed by atoms with Crippen molar-refractivity contribution in [3.8, 4) is 11.5 Å². The Kier molecular flexibility index (Phi) is 5.78. The lowest BCUT2D eigenvalue weighted by molar-refractivity contribution is -0.131. The molecule has 1 fully saturated rings. The van der Waals surface area contributed by atoms with Gasteiger partial charge in [0, 0.05) is 24.0 Å². The first-order chi connectivity index (χ1) is 15.8. The largest absolute Gasteiger partial charge is 0.457 e. The van der Waals surface area contributed by atoms with E-state index in [1.54, 1.807) is 31.2 Å². The number of primary amides is 1. The third-order valence-electron chi connectivity index (χ3n) is 5.38. The highest BCUT2D eigenvalue weighted by molar-refractivity contribution is 6.17. The SMILES string of the molecule is Cc1cc(NC(=O)C2(C(=O)Nc3ccccc3)CC2)c(F)cc1Oc1ccnc(C(N)=O)c1. The number of anilines is 2. The first kappa shape index (κ1) is 21.9. The van der Waals surface area contributed by atoms with Gasteiger partial charge in [-0.3, -0.25) is 19.4 Å². The molecule has 33 heavy (non-hydrogen) atoms. The van der Waals surface area contributed by atoms with Crippen molar-refractivity contribution < 1.29 is 23.5 Å². The Hall–Kier alpha value is -4.27. The Bertz CT molecular complexity index is 1240. The maximum Gasteiger partial charge on any atom is 0.267 e. The fourth-order valence-electron chi connectivity index (χ4n) is 3.30. The van der Waals surface area contributed by atoms with E-state index in [4.69, 9.17) is 10.5 Å². The van der Waals surface area contributed by atoms with E-state index in [1.807, 2.05) is 6.07 Å². The van der Waals surface area contributed by atoms with Crippen LogP contribution in [0.15, 0.2) is 60.8 Å². The van der Waals surface area contributed by atoms with E-state index in [0.717, 1.165) is 6.07 Å². The van der Waals surface area contributed by atoms with Crippen LogP contribution in [0.4, 0.5) is 15.8 Å². The van der Waals surface area contributed by atoms with Gasteiger partial charge in [-0.2, -0.15) is 0 Å². The van der Waals surface area contributed by atoms with Crippen LogP contribution in [0, 0.1) is 18.2 Å². The quantitative estimate of drug-likeness (QED) is 0.475. The van der Waals surface area contributed by atoms with Crippen LogP contribution in [0.3, 0.4) is 0 Å². The lowest BCUT2D eigenvalue weighted by Gasteiger charge is -2.17. The van der Waals surface area contributed by atoms with Crippen molar-refractivity contribution in [3.05, 3.63) is 77.9 Å². The van der Waals surface area contributed by atoms with Crippen LogP contribution in [0.5, 0.6) is 11.5 Å². The van der Waals surface area contributed by atoms with Gasteiger partial charge in [-0.05, 0) is 49.6 Å². The highest BCUT2D eigenvalue weighted by Gasteiger charge is 2.56. The number of hydrogen-bond acceptors (Lipinski definition) is 5. The molecule has 1 aliphatic rings. The molecule has 1 aromatic heterocycles. The first-order valence-electron chi connectivity index (χ1n) is 10.2. The highest BCUT2D eigenvalue weighted by atomic mass is 19.1. The van der Waals surface area contributed by atoms with Crippen LogP contribution >= 0.6 is 0 Å². The second-order valence-electron chi connectivity index (χ2n) is 7.80. The third-order valence-corrected chi connectivity index (χ3v) is 5.38. The number of benzene rings is 2. The van der Waals surface area contributed by atoms with Crippen molar-refractivity contribution in [3.63, 3.8) is 0 Å². The molecule has 1 heterocycles. The van der Waals surface area contributed by atoms with Gasteiger partial charge in [-0.1, -0.05) is 18.2 Å². The Morgan fingerprint density at radius 2 is 1.73 bits per heavy atom. The number of aromatic nitrogens is 1. The summed E-state index contributed by atoms with van der Waals surface area (Å²) < 4.78 is 20.4. The minimum absolute atomic E-state index is 0.0121. The van der Waals surface area contributed by atoms with Crippen molar-refractivity contribution in [1.29, 1.82) is 0 Å². The molecule has 0 saturated heterocycles. The predicted octanol–water partition coefficient (Wildman–Crippen LogP) is 3.78. The molecule has 9 heteroatoms. The number of aryl methyl sites for hydroxylation is 1. The van der Waals surface area contributed by atoms with Gasteiger partial charge in [-0.25, -0.2) is 4.39 Å². The molecule has 3 amide bonds. The van der Waals surface area contributed by atoms with Crippen LogP contribution in [0.1, 0.15) is 28.9 Å². The second-order valence-corrected chi connectivity index (χ2v) is 7.80. The normalized spacial score (nSPS) is 13.6. The van der Waals surface area contributed by atoms with Crippen LogP contribution in [0.2, 0.25) is 0 Å². The predicted molar refractivity (Wildman–Crippen MR) is 119 cm³/mol. The Balaban J connectivity index is 1.48. The number of pyridine rings is 1. The summed E-state index contributed by atoms with van der Waals surface area (Å²) in [6.07, 6.45) is 2.11. The lowest BCUT2D eigenvalue weighted by atomic mass is 10.0. The molecule has 4 rings (SSSR count). The van der Waals surface area contributed by atoms with Gasteiger partial charge in [0.15, 0.2) is 0 Å². The van der Waals surface area contributed by atoms with E-state index in [1.165, 1.54) is 24.4 Å². The fourth-order valence-corrected chi connectivity index (χ4v) is 3.30. The third kappa shape index (κ3) is 4.67. The molecule has 168 valence electrons. The fraction of sp³-hybridized carbons (Fsp3) is 0.167. The number of halogens is 1. The molecule has 8 nitrogen and oxygen atoms in total. The topological polar surface area (TPSA) is 123 Å². The number of hydrogen-bond donors (Lipinski definition) is 3. The number of amides is 3. The summed E-state index contributed by atoms with van der Waals surface area (Å²) in [5.74, 6) is -1.99. The maximum atomic E-state index is 14.8. The number of nitrogens with one attached hydrogen (secondary N) is 2. The number of carbonyl (C=O) groups is 3. The summed E-state index contributed by atoms with van der Waals surface area (Å²) >= 11 is 0. The highest BCUT2D eigenvalue weighted by Crippen LogP contribution is 2.47. The van der Waals surface area contributed by atoms with E-state index in [9.17, 15) is 18.8 Å².